The minimum Gasteiger partial charge on any atom is -0.338 e. The first-order chi connectivity index (χ1) is 12.7. The second kappa shape index (κ2) is 6.96. The summed E-state index contributed by atoms with van der Waals surface area (Å²) in [4.78, 5) is 23.5. The molecule has 0 bridgehead atoms. The Morgan fingerprint density at radius 1 is 1.00 bits per heavy atom. The summed E-state index contributed by atoms with van der Waals surface area (Å²) < 4.78 is 1.62. The molecule has 3 aromatic rings. The molecule has 1 aliphatic rings. The van der Waals surface area contributed by atoms with Crippen molar-refractivity contribution in [1.82, 2.24) is 14.5 Å². The third-order valence-corrected chi connectivity index (χ3v) is 4.67. The Morgan fingerprint density at radius 3 is 2.54 bits per heavy atom. The third-order valence-electron chi connectivity index (χ3n) is 4.67. The first kappa shape index (κ1) is 16.3. The van der Waals surface area contributed by atoms with E-state index in [0.29, 0.717) is 11.6 Å². The number of anilines is 1. The van der Waals surface area contributed by atoms with Gasteiger partial charge in [0.2, 0.25) is 5.95 Å². The number of benzene rings is 1. The van der Waals surface area contributed by atoms with Crippen LogP contribution in [0.2, 0.25) is 0 Å². The van der Waals surface area contributed by atoms with E-state index in [1.165, 1.54) is 11.1 Å². The molecule has 0 aliphatic carbocycles. The van der Waals surface area contributed by atoms with Crippen LogP contribution in [0.3, 0.4) is 0 Å². The number of pyridine rings is 1. The van der Waals surface area contributed by atoms with Crippen molar-refractivity contribution in [3.63, 3.8) is 0 Å². The smallest absolute Gasteiger partial charge is 0.255 e. The topological polar surface area (TPSA) is 51.0 Å². The Kier molecular flexibility index (Phi) is 4.35. The van der Waals surface area contributed by atoms with Crippen LogP contribution in [-0.2, 0) is 7.05 Å². The molecular formula is C21H20N4O. The van der Waals surface area contributed by atoms with Crippen LogP contribution >= 0.6 is 0 Å². The normalized spacial score (nSPS) is 14.2. The van der Waals surface area contributed by atoms with Gasteiger partial charge >= 0.3 is 0 Å². The Bertz CT molecular complexity index is 994. The summed E-state index contributed by atoms with van der Waals surface area (Å²) >= 11 is 0. The lowest BCUT2D eigenvalue weighted by molar-refractivity contribution is 0.727. The molecule has 0 fully saturated rings. The average Bonchev–Trinajstić information content (AvgIpc) is 2.71. The summed E-state index contributed by atoms with van der Waals surface area (Å²) in [5, 5.41) is 0. The zero-order valence-electron chi connectivity index (χ0n) is 14.7. The van der Waals surface area contributed by atoms with Crippen molar-refractivity contribution in [2.45, 2.75) is 6.42 Å². The molecule has 0 saturated heterocycles. The highest BCUT2D eigenvalue weighted by Crippen LogP contribution is 2.25. The maximum absolute atomic E-state index is 12.5. The van der Waals surface area contributed by atoms with Gasteiger partial charge < -0.3 is 4.90 Å². The Labute approximate surface area is 152 Å². The van der Waals surface area contributed by atoms with E-state index in [2.05, 4.69) is 28.1 Å². The van der Waals surface area contributed by atoms with Crippen molar-refractivity contribution in [2.75, 3.05) is 18.0 Å². The van der Waals surface area contributed by atoms with E-state index < -0.39 is 0 Å². The van der Waals surface area contributed by atoms with Crippen molar-refractivity contribution < 1.29 is 0 Å². The van der Waals surface area contributed by atoms with Crippen LogP contribution in [-0.4, -0.2) is 27.6 Å². The summed E-state index contributed by atoms with van der Waals surface area (Å²) in [6.45, 7) is 1.58. The van der Waals surface area contributed by atoms with Gasteiger partial charge in [0.05, 0.1) is 5.69 Å². The molecule has 0 spiro atoms. The Balaban J connectivity index is 1.71. The van der Waals surface area contributed by atoms with Gasteiger partial charge in [-0.05, 0) is 29.7 Å². The average molecular weight is 344 g/mol. The second-order valence-corrected chi connectivity index (χ2v) is 6.38. The molecule has 0 N–H and O–H groups in total. The summed E-state index contributed by atoms with van der Waals surface area (Å²) in [6, 6.07) is 15.7. The van der Waals surface area contributed by atoms with Gasteiger partial charge in [0.25, 0.3) is 5.56 Å². The zero-order chi connectivity index (χ0) is 17.9. The number of hydrogen-bond donors (Lipinski definition) is 0. The van der Waals surface area contributed by atoms with Crippen molar-refractivity contribution in [3.05, 3.63) is 82.9 Å². The molecule has 130 valence electrons. The number of rotatable bonds is 3. The van der Waals surface area contributed by atoms with Crippen LogP contribution in [0.4, 0.5) is 5.95 Å². The van der Waals surface area contributed by atoms with Gasteiger partial charge in [0, 0.05) is 44.2 Å². The molecule has 2 aromatic heterocycles. The first-order valence-electron chi connectivity index (χ1n) is 8.70. The van der Waals surface area contributed by atoms with Crippen LogP contribution in [0, 0.1) is 0 Å². The van der Waals surface area contributed by atoms with E-state index in [-0.39, 0.29) is 5.56 Å². The van der Waals surface area contributed by atoms with Gasteiger partial charge in [-0.25, -0.2) is 4.98 Å². The van der Waals surface area contributed by atoms with Gasteiger partial charge in [-0.3, -0.25) is 14.3 Å². The second-order valence-electron chi connectivity index (χ2n) is 6.38. The molecule has 26 heavy (non-hydrogen) atoms. The molecule has 4 rings (SSSR count). The van der Waals surface area contributed by atoms with Crippen LogP contribution in [0.1, 0.15) is 12.0 Å². The first-order valence-corrected chi connectivity index (χ1v) is 8.70. The SMILES string of the molecule is Cn1c(N2CCC=C(c3ccccc3)C2)nc(-c2ccncc2)cc1=O. The lowest BCUT2D eigenvalue weighted by Gasteiger charge is -2.30. The highest BCUT2D eigenvalue weighted by atomic mass is 16.1. The number of aromatic nitrogens is 3. The van der Waals surface area contributed by atoms with E-state index in [1.54, 1.807) is 30.1 Å². The molecular weight excluding hydrogens is 324 g/mol. The van der Waals surface area contributed by atoms with E-state index in [0.717, 1.165) is 25.1 Å². The van der Waals surface area contributed by atoms with E-state index in [4.69, 9.17) is 4.98 Å². The lowest BCUT2D eigenvalue weighted by Crippen LogP contribution is -2.35. The Hall–Kier alpha value is -3.21. The molecule has 0 amide bonds. The van der Waals surface area contributed by atoms with Gasteiger partial charge in [-0.2, -0.15) is 0 Å². The standard InChI is InChI=1S/C21H20N4O/c1-24-20(26)14-19(17-9-11-22-12-10-17)23-21(24)25-13-5-8-18(15-25)16-6-3-2-4-7-16/h2-4,6-12,14H,5,13,15H2,1H3. The number of nitrogens with zero attached hydrogens (tertiary/aromatic N) is 4. The van der Waals surface area contributed by atoms with Crippen LogP contribution in [0.15, 0.2) is 71.8 Å². The third kappa shape index (κ3) is 3.16. The van der Waals surface area contributed by atoms with Crippen LogP contribution in [0.25, 0.3) is 16.8 Å². The maximum Gasteiger partial charge on any atom is 0.255 e. The Morgan fingerprint density at radius 2 is 1.77 bits per heavy atom. The molecule has 3 heterocycles. The van der Waals surface area contributed by atoms with Gasteiger partial charge in [0.15, 0.2) is 0 Å². The van der Waals surface area contributed by atoms with E-state index in [9.17, 15) is 4.79 Å². The van der Waals surface area contributed by atoms with Crippen LogP contribution in [0.5, 0.6) is 0 Å². The summed E-state index contributed by atoms with van der Waals surface area (Å²) in [7, 11) is 1.78. The van der Waals surface area contributed by atoms with Crippen molar-refractivity contribution >= 4 is 11.5 Å². The predicted molar refractivity (Wildman–Crippen MR) is 104 cm³/mol. The summed E-state index contributed by atoms with van der Waals surface area (Å²) in [5.74, 6) is 0.700. The van der Waals surface area contributed by atoms with Gasteiger partial charge in [-0.1, -0.05) is 36.4 Å². The molecule has 1 aliphatic heterocycles. The minimum atomic E-state index is -0.0578. The van der Waals surface area contributed by atoms with E-state index >= 15 is 0 Å². The molecule has 5 heteroatoms. The van der Waals surface area contributed by atoms with Crippen LogP contribution < -0.4 is 10.5 Å². The molecule has 0 saturated carbocycles. The lowest BCUT2D eigenvalue weighted by atomic mass is 10.0. The molecule has 5 nitrogen and oxygen atoms in total. The predicted octanol–water partition coefficient (Wildman–Crippen LogP) is 3.14. The zero-order valence-corrected chi connectivity index (χ0v) is 14.7. The molecule has 0 unspecified atom stereocenters. The highest BCUT2D eigenvalue weighted by molar-refractivity contribution is 5.71. The molecule has 1 aromatic carbocycles. The summed E-state index contributed by atoms with van der Waals surface area (Å²) in [6.07, 6.45) is 6.63. The monoisotopic (exact) mass is 344 g/mol. The fourth-order valence-corrected chi connectivity index (χ4v) is 3.26. The van der Waals surface area contributed by atoms with Gasteiger partial charge in [-0.15, -0.1) is 0 Å². The molecule has 0 radical (unpaired) electrons. The molecule has 0 atom stereocenters. The fraction of sp³-hybridized carbons (Fsp3) is 0.190. The van der Waals surface area contributed by atoms with Crippen molar-refractivity contribution in [1.29, 1.82) is 0 Å². The van der Waals surface area contributed by atoms with Gasteiger partial charge in [0.1, 0.15) is 0 Å². The highest BCUT2D eigenvalue weighted by Gasteiger charge is 2.19. The van der Waals surface area contributed by atoms with Crippen molar-refractivity contribution in [2.24, 2.45) is 7.05 Å². The summed E-state index contributed by atoms with van der Waals surface area (Å²) in [5.41, 5.74) is 4.00. The fourth-order valence-electron chi connectivity index (χ4n) is 3.26. The quantitative estimate of drug-likeness (QED) is 0.732. The number of hydrogen-bond acceptors (Lipinski definition) is 4. The minimum absolute atomic E-state index is 0.0578. The largest absolute Gasteiger partial charge is 0.338 e. The maximum atomic E-state index is 12.5. The van der Waals surface area contributed by atoms with Crippen molar-refractivity contribution in [3.8, 4) is 11.3 Å². The van der Waals surface area contributed by atoms with E-state index in [1.807, 2.05) is 30.3 Å².